The molecule has 2 aromatic rings. The number of imidazole rings is 1. The van der Waals surface area contributed by atoms with Crippen LogP contribution in [-0.4, -0.2) is 46.5 Å². The first-order valence-electron chi connectivity index (χ1n) is 9.19. The number of hydrogen-bond donors (Lipinski definition) is 0. The van der Waals surface area contributed by atoms with Gasteiger partial charge in [-0.15, -0.1) is 0 Å². The molecule has 0 spiro atoms. The summed E-state index contributed by atoms with van der Waals surface area (Å²) in [6.45, 7) is 3.68. The van der Waals surface area contributed by atoms with Gasteiger partial charge in [-0.25, -0.2) is 4.98 Å². The van der Waals surface area contributed by atoms with E-state index in [0.717, 1.165) is 68.8 Å². The predicted octanol–water partition coefficient (Wildman–Crippen LogP) is 2.80. The quantitative estimate of drug-likeness (QED) is 0.852. The Hall–Kier alpha value is -2.04. The van der Waals surface area contributed by atoms with E-state index in [-0.39, 0.29) is 5.92 Å². The van der Waals surface area contributed by atoms with Crippen LogP contribution in [-0.2, 0) is 11.8 Å². The average Bonchev–Trinajstić information content (AvgIpc) is 2.99. The zero-order chi connectivity index (χ0) is 16.5. The number of fused-ring (bicyclic) bond motifs is 1. The first-order valence-corrected chi connectivity index (χ1v) is 9.19. The van der Waals surface area contributed by atoms with E-state index in [1.807, 2.05) is 12.1 Å². The number of aromatic nitrogens is 2. The number of nitrogens with zero attached hydrogens (tertiary/aromatic N) is 4. The summed E-state index contributed by atoms with van der Waals surface area (Å²) in [5.41, 5.74) is 2.18. The highest BCUT2D eigenvalue weighted by atomic mass is 16.2. The van der Waals surface area contributed by atoms with Crippen LogP contribution in [0.4, 0.5) is 5.95 Å². The molecular formula is C19H26N4O. The van der Waals surface area contributed by atoms with Crippen molar-refractivity contribution >= 4 is 22.9 Å². The molecule has 1 unspecified atom stereocenters. The SMILES string of the molecule is Cn1c(N2CCCC(C(=O)N3CCCCC3)C2)nc2ccccc21. The number of rotatable bonds is 2. The van der Waals surface area contributed by atoms with Crippen molar-refractivity contribution in [3.8, 4) is 0 Å². The molecule has 0 bridgehead atoms. The number of amides is 1. The van der Waals surface area contributed by atoms with Crippen LogP contribution in [0.1, 0.15) is 32.1 Å². The summed E-state index contributed by atoms with van der Waals surface area (Å²) in [5.74, 6) is 1.47. The van der Waals surface area contributed by atoms with Gasteiger partial charge in [0.15, 0.2) is 0 Å². The molecule has 0 radical (unpaired) electrons. The number of benzene rings is 1. The van der Waals surface area contributed by atoms with E-state index >= 15 is 0 Å². The van der Waals surface area contributed by atoms with Crippen LogP contribution in [0, 0.1) is 5.92 Å². The van der Waals surface area contributed by atoms with Crippen molar-refractivity contribution in [2.45, 2.75) is 32.1 Å². The molecule has 0 saturated carbocycles. The lowest BCUT2D eigenvalue weighted by atomic mass is 9.95. The Kier molecular flexibility index (Phi) is 4.17. The molecule has 5 heteroatoms. The second-order valence-electron chi connectivity index (χ2n) is 7.13. The Labute approximate surface area is 143 Å². The van der Waals surface area contributed by atoms with Gasteiger partial charge in [0.2, 0.25) is 11.9 Å². The van der Waals surface area contributed by atoms with Crippen LogP contribution >= 0.6 is 0 Å². The number of carbonyl (C=O) groups is 1. The summed E-state index contributed by atoms with van der Waals surface area (Å²) in [5, 5.41) is 0. The topological polar surface area (TPSA) is 41.4 Å². The van der Waals surface area contributed by atoms with Gasteiger partial charge in [-0.05, 0) is 44.2 Å². The molecule has 2 aliphatic heterocycles. The van der Waals surface area contributed by atoms with Crippen molar-refractivity contribution in [2.75, 3.05) is 31.1 Å². The second kappa shape index (κ2) is 6.46. The molecule has 0 aliphatic carbocycles. The Morgan fingerprint density at radius 2 is 1.88 bits per heavy atom. The summed E-state index contributed by atoms with van der Waals surface area (Å²) in [6.07, 6.45) is 5.66. The fraction of sp³-hybridized carbons (Fsp3) is 0.579. The number of para-hydroxylation sites is 2. The average molecular weight is 326 g/mol. The van der Waals surface area contributed by atoms with Crippen LogP contribution in [0.25, 0.3) is 11.0 Å². The molecule has 128 valence electrons. The fourth-order valence-corrected chi connectivity index (χ4v) is 4.15. The van der Waals surface area contributed by atoms with Gasteiger partial charge in [0.25, 0.3) is 0 Å². The van der Waals surface area contributed by atoms with Gasteiger partial charge < -0.3 is 14.4 Å². The lowest BCUT2D eigenvalue weighted by molar-refractivity contribution is -0.136. The zero-order valence-corrected chi connectivity index (χ0v) is 14.4. The van der Waals surface area contributed by atoms with Crippen LogP contribution < -0.4 is 4.90 Å². The number of carbonyl (C=O) groups excluding carboxylic acids is 1. The van der Waals surface area contributed by atoms with Gasteiger partial charge in [0, 0.05) is 33.2 Å². The summed E-state index contributed by atoms with van der Waals surface area (Å²) in [4.78, 5) is 22.1. The number of piperidine rings is 2. The first kappa shape index (κ1) is 15.5. The first-order chi connectivity index (χ1) is 11.7. The van der Waals surface area contributed by atoms with Crippen LogP contribution in [0.15, 0.2) is 24.3 Å². The standard InChI is InChI=1S/C19H26N4O/c1-21-17-10-4-3-9-16(17)20-19(21)23-13-7-8-15(14-23)18(24)22-11-5-2-6-12-22/h3-4,9-10,15H,2,5-8,11-14H2,1H3. The molecule has 2 aliphatic rings. The van der Waals surface area contributed by atoms with Crippen molar-refractivity contribution in [1.29, 1.82) is 0 Å². The van der Waals surface area contributed by atoms with Crippen molar-refractivity contribution in [3.05, 3.63) is 24.3 Å². The van der Waals surface area contributed by atoms with Gasteiger partial charge in [-0.3, -0.25) is 4.79 Å². The minimum absolute atomic E-state index is 0.122. The maximum atomic E-state index is 12.9. The Morgan fingerprint density at radius 1 is 1.08 bits per heavy atom. The van der Waals surface area contributed by atoms with Gasteiger partial charge in [-0.1, -0.05) is 12.1 Å². The molecule has 1 atom stereocenters. The van der Waals surface area contributed by atoms with Crippen molar-refractivity contribution in [3.63, 3.8) is 0 Å². The van der Waals surface area contributed by atoms with Gasteiger partial charge in [0.05, 0.1) is 17.0 Å². The van der Waals surface area contributed by atoms with E-state index in [0.29, 0.717) is 5.91 Å². The van der Waals surface area contributed by atoms with Crippen LogP contribution in [0.2, 0.25) is 0 Å². The van der Waals surface area contributed by atoms with Gasteiger partial charge in [-0.2, -0.15) is 0 Å². The van der Waals surface area contributed by atoms with E-state index in [9.17, 15) is 4.79 Å². The third-order valence-electron chi connectivity index (χ3n) is 5.48. The smallest absolute Gasteiger partial charge is 0.227 e. The lowest BCUT2D eigenvalue weighted by Crippen LogP contribution is -2.46. The second-order valence-corrected chi connectivity index (χ2v) is 7.13. The molecule has 4 rings (SSSR count). The Bertz CT molecular complexity index is 732. The summed E-state index contributed by atoms with van der Waals surface area (Å²) >= 11 is 0. The molecule has 1 aromatic carbocycles. The van der Waals surface area contributed by atoms with Crippen LogP contribution in [0.5, 0.6) is 0 Å². The highest BCUT2D eigenvalue weighted by molar-refractivity contribution is 5.81. The molecule has 2 fully saturated rings. The molecule has 0 N–H and O–H groups in total. The van der Waals surface area contributed by atoms with Crippen molar-refractivity contribution < 1.29 is 4.79 Å². The summed E-state index contributed by atoms with van der Waals surface area (Å²) in [7, 11) is 2.07. The van der Waals surface area contributed by atoms with Crippen molar-refractivity contribution in [2.24, 2.45) is 13.0 Å². The predicted molar refractivity (Wildman–Crippen MR) is 96.1 cm³/mol. The van der Waals surface area contributed by atoms with Gasteiger partial charge in [0.1, 0.15) is 0 Å². The maximum Gasteiger partial charge on any atom is 0.227 e. The minimum Gasteiger partial charge on any atom is -0.342 e. The lowest BCUT2D eigenvalue weighted by Gasteiger charge is -2.36. The monoisotopic (exact) mass is 326 g/mol. The summed E-state index contributed by atoms with van der Waals surface area (Å²) < 4.78 is 2.16. The van der Waals surface area contributed by atoms with Crippen molar-refractivity contribution in [1.82, 2.24) is 14.5 Å². The van der Waals surface area contributed by atoms with E-state index in [1.54, 1.807) is 0 Å². The van der Waals surface area contributed by atoms with E-state index in [1.165, 1.54) is 6.42 Å². The number of likely N-dealkylation sites (tertiary alicyclic amines) is 1. The molecule has 5 nitrogen and oxygen atoms in total. The summed E-state index contributed by atoms with van der Waals surface area (Å²) in [6, 6.07) is 8.23. The molecular weight excluding hydrogens is 300 g/mol. The molecule has 3 heterocycles. The van der Waals surface area contributed by atoms with Gasteiger partial charge >= 0.3 is 0 Å². The van der Waals surface area contributed by atoms with E-state index in [4.69, 9.17) is 4.98 Å². The number of hydrogen-bond acceptors (Lipinski definition) is 3. The fourth-order valence-electron chi connectivity index (χ4n) is 4.15. The maximum absolute atomic E-state index is 12.9. The molecule has 2 saturated heterocycles. The molecule has 1 aromatic heterocycles. The normalized spacial score (nSPS) is 22.1. The third-order valence-corrected chi connectivity index (χ3v) is 5.48. The minimum atomic E-state index is 0.122. The molecule has 1 amide bonds. The Balaban J connectivity index is 1.53. The van der Waals surface area contributed by atoms with E-state index < -0.39 is 0 Å². The highest BCUT2D eigenvalue weighted by Crippen LogP contribution is 2.27. The number of aryl methyl sites for hydroxylation is 1. The highest BCUT2D eigenvalue weighted by Gasteiger charge is 2.31. The van der Waals surface area contributed by atoms with Crippen LogP contribution in [0.3, 0.4) is 0 Å². The largest absolute Gasteiger partial charge is 0.342 e. The molecule has 24 heavy (non-hydrogen) atoms. The Morgan fingerprint density at radius 3 is 2.67 bits per heavy atom. The number of anilines is 1. The zero-order valence-electron chi connectivity index (χ0n) is 14.4. The van der Waals surface area contributed by atoms with E-state index in [2.05, 4.69) is 33.5 Å². The third kappa shape index (κ3) is 2.76.